The highest BCUT2D eigenvalue weighted by atomic mass is 16.5. The van der Waals surface area contributed by atoms with Crippen molar-refractivity contribution in [1.29, 1.82) is 0 Å². The summed E-state index contributed by atoms with van der Waals surface area (Å²) in [6.07, 6.45) is 4.03. The normalized spacial score (nSPS) is 21.3. The Balaban J connectivity index is 1.86. The molecule has 1 aliphatic rings. The van der Waals surface area contributed by atoms with E-state index in [0.29, 0.717) is 12.1 Å². The van der Waals surface area contributed by atoms with Crippen LogP contribution in [0, 0.1) is 0 Å². The second kappa shape index (κ2) is 9.19. The third kappa shape index (κ3) is 5.42. The Morgan fingerprint density at radius 3 is 2.81 bits per heavy atom. The molecule has 0 aromatic heterocycles. The molecule has 2 atom stereocenters. The number of rotatable bonds is 8. The molecule has 0 spiro atoms. The maximum Gasteiger partial charge on any atom is 0.0826 e. The Bertz CT molecular complexity index is 382. The van der Waals surface area contributed by atoms with E-state index in [1.807, 2.05) is 0 Å². The number of likely N-dealkylation sites (N-methyl/N-ethyl adjacent to an activating group) is 1. The highest BCUT2D eigenvalue weighted by Crippen LogP contribution is 2.19. The molecule has 3 heteroatoms. The van der Waals surface area contributed by atoms with Crippen molar-refractivity contribution in [3.05, 3.63) is 35.9 Å². The highest BCUT2D eigenvalue weighted by molar-refractivity contribution is 5.18. The Kier molecular flexibility index (Phi) is 7.20. The Labute approximate surface area is 129 Å². The number of nitrogens with zero attached hydrogens (tertiary/aromatic N) is 1. The van der Waals surface area contributed by atoms with Gasteiger partial charge in [0.2, 0.25) is 0 Å². The zero-order chi connectivity index (χ0) is 14.9. The van der Waals surface area contributed by atoms with Crippen molar-refractivity contribution in [2.75, 3.05) is 32.8 Å². The van der Waals surface area contributed by atoms with Gasteiger partial charge < -0.3 is 10.1 Å². The first kappa shape index (κ1) is 16.5. The van der Waals surface area contributed by atoms with E-state index in [4.69, 9.17) is 4.74 Å². The van der Waals surface area contributed by atoms with Crippen LogP contribution in [0.25, 0.3) is 0 Å². The van der Waals surface area contributed by atoms with E-state index in [1.54, 1.807) is 0 Å². The Morgan fingerprint density at radius 2 is 2.10 bits per heavy atom. The van der Waals surface area contributed by atoms with Crippen molar-refractivity contribution in [1.82, 2.24) is 10.2 Å². The Morgan fingerprint density at radius 1 is 1.29 bits per heavy atom. The minimum atomic E-state index is 0.325. The van der Waals surface area contributed by atoms with Crippen LogP contribution in [0.5, 0.6) is 0 Å². The number of ether oxygens (including phenoxy) is 1. The third-order valence-corrected chi connectivity index (χ3v) is 4.31. The summed E-state index contributed by atoms with van der Waals surface area (Å²) in [5.41, 5.74) is 1.40. The van der Waals surface area contributed by atoms with Gasteiger partial charge in [-0.25, -0.2) is 0 Å². The molecule has 0 radical (unpaired) electrons. The van der Waals surface area contributed by atoms with E-state index in [0.717, 1.165) is 32.8 Å². The van der Waals surface area contributed by atoms with Gasteiger partial charge in [-0.05, 0) is 18.5 Å². The van der Waals surface area contributed by atoms with Crippen molar-refractivity contribution in [3.8, 4) is 0 Å². The summed E-state index contributed by atoms with van der Waals surface area (Å²) in [4.78, 5) is 2.47. The van der Waals surface area contributed by atoms with Gasteiger partial charge >= 0.3 is 0 Å². The quantitative estimate of drug-likeness (QED) is 0.795. The molecule has 0 amide bonds. The van der Waals surface area contributed by atoms with Crippen LogP contribution in [0.4, 0.5) is 0 Å². The largest absolute Gasteiger partial charge is 0.374 e. The van der Waals surface area contributed by atoms with Crippen molar-refractivity contribution in [2.45, 2.75) is 45.3 Å². The highest BCUT2D eigenvalue weighted by Gasteiger charge is 2.20. The maximum atomic E-state index is 5.90. The van der Waals surface area contributed by atoms with Gasteiger partial charge in [0.05, 0.1) is 12.7 Å². The molecule has 1 aliphatic heterocycles. The molecule has 1 aromatic carbocycles. The summed E-state index contributed by atoms with van der Waals surface area (Å²) in [7, 11) is 0. The zero-order valence-electron chi connectivity index (χ0n) is 13.6. The van der Waals surface area contributed by atoms with Gasteiger partial charge in [-0.3, -0.25) is 4.90 Å². The summed E-state index contributed by atoms with van der Waals surface area (Å²) in [6.45, 7) is 9.54. The summed E-state index contributed by atoms with van der Waals surface area (Å²) in [6, 6.07) is 11.3. The van der Waals surface area contributed by atoms with Crippen LogP contribution in [0.15, 0.2) is 30.3 Å². The standard InChI is InChI=1S/C18H30N2O/c1-3-5-11-18(16-9-7-6-8-10-16)19-14-17-15-20(4-2)12-13-21-17/h6-10,17-19H,3-5,11-15H2,1-2H3. The predicted octanol–water partition coefficient (Wildman–Crippen LogP) is 3.23. The van der Waals surface area contributed by atoms with Crippen molar-refractivity contribution in [3.63, 3.8) is 0 Å². The lowest BCUT2D eigenvalue weighted by Crippen LogP contribution is -2.46. The summed E-state index contributed by atoms with van der Waals surface area (Å²) < 4.78 is 5.90. The van der Waals surface area contributed by atoms with Gasteiger partial charge in [0.15, 0.2) is 0 Å². The van der Waals surface area contributed by atoms with E-state index in [2.05, 4.69) is 54.4 Å². The molecule has 1 heterocycles. The lowest BCUT2D eigenvalue weighted by molar-refractivity contribution is -0.0265. The van der Waals surface area contributed by atoms with Crippen LogP contribution in [0.2, 0.25) is 0 Å². The second-order valence-corrected chi connectivity index (χ2v) is 5.90. The van der Waals surface area contributed by atoms with Gasteiger partial charge in [-0.2, -0.15) is 0 Å². The molecule has 1 N–H and O–H groups in total. The molecule has 0 aliphatic carbocycles. The average molecular weight is 290 g/mol. The lowest BCUT2D eigenvalue weighted by Gasteiger charge is -2.33. The van der Waals surface area contributed by atoms with Crippen LogP contribution < -0.4 is 5.32 Å². The number of hydrogen-bond acceptors (Lipinski definition) is 3. The first-order chi connectivity index (χ1) is 10.3. The average Bonchev–Trinajstić information content (AvgIpc) is 2.56. The van der Waals surface area contributed by atoms with Crippen LogP contribution in [-0.4, -0.2) is 43.8 Å². The van der Waals surface area contributed by atoms with Crippen LogP contribution in [0.1, 0.15) is 44.7 Å². The molecule has 2 rings (SSSR count). The second-order valence-electron chi connectivity index (χ2n) is 5.90. The van der Waals surface area contributed by atoms with E-state index < -0.39 is 0 Å². The minimum Gasteiger partial charge on any atom is -0.374 e. The van der Waals surface area contributed by atoms with Crippen molar-refractivity contribution in [2.24, 2.45) is 0 Å². The van der Waals surface area contributed by atoms with Gasteiger partial charge in [0.25, 0.3) is 0 Å². The number of nitrogens with one attached hydrogen (secondary N) is 1. The fourth-order valence-electron chi connectivity index (χ4n) is 2.95. The molecule has 0 bridgehead atoms. The molecule has 118 valence electrons. The first-order valence-electron chi connectivity index (χ1n) is 8.45. The molecular formula is C18H30N2O. The summed E-state index contributed by atoms with van der Waals surface area (Å²) in [5.74, 6) is 0. The molecule has 3 nitrogen and oxygen atoms in total. The van der Waals surface area contributed by atoms with Gasteiger partial charge in [0, 0.05) is 25.7 Å². The monoisotopic (exact) mass is 290 g/mol. The molecule has 0 saturated carbocycles. The molecule has 1 fully saturated rings. The topological polar surface area (TPSA) is 24.5 Å². The van der Waals surface area contributed by atoms with Crippen molar-refractivity contribution >= 4 is 0 Å². The minimum absolute atomic E-state index is 0.325. The summed E-state index contributed by atoms with van der Waals surface area (Å²) >= 11 is 0. The van der Waals surface area contributed by atoms with E-state index in [9.17, 15) is 0 Å². The fraction of sp³-hybridized carbons (Fsp3) is 0.667. The molecule has 21 heavy (non-hydrogen) atoms. The zero-order valence-corrected chi connectivity index (χ0v) is 13.6. The molecule has 1 aromatic rings. The van der Waals surface area contributed by atoms with Crippen LogP contribution in [-0.2, 0) is 4.74 Å². The molecular weight excluding hydrogens is 260 g/mol. The van der Waals surface area contributed by atoms with Crippen LogP contribution in [0.3, 0.4) is 0 Å². The van der Waals surface area contributed by atoms with E-state index >= 15 is 0 Å². The molecule has 1 saturated heterocycles. The van der Waals surface area contributed by atoms with E-state index in [1.165, 1.54) is 24.8 Å². The van der Waals surface area contributed by atoms with Crippen molar-refractivity contribution < 1.29 is 4.74 Å². The predicted molar refractivity (Wildman–Crippen MR) is 88.6 cm³/mol. The van der Waals surface area contributed by atoms with Gasteiger partial charge in [-0.15, -0.1) is 0 Å². The SMILES string of the molecule is CCCCC(NCC1CN(CC)CCO1)c1ccccc1. The number of morpholine rings is 1. The smallest absolute Gasteiger partial charge is 0.0826 e. The first-order valence-corrected chi connectivity index (χ1v) is 8.45. The Hall–Kier alpha value is -0.900. The number of unbranched alkanes of at least 4 members (excludes halogenated alkanes) is 1. The van der Waals surface area contributed by atoms with Gasteiger partial charge in [0.1, 0.15) is 0 Å². The number of benzene rings is 1. The third-order valence-electron chi connectivity index (χ3n) is 4.31. The lowest BCUT2D eigenvalue weighted by atomic mass is 10.0. The number of hydrogen-bond donors (Lipinski definition) is 1. The van der Waals surface area contributed by atoms with E-state index in [-0.39, 0.29) is 0 Å². The summed E-state index contributed by atoms with van der Waals surface area (Å²) in [5, 5.41) is 3.73. The maximum absolute atomic E-state index is 5.90. The molecule has 2 unspecified atom stereocenters. The fourth-order valence-corrected chi connectivity index (χ4v) is 2.95. The van der Waals surface area contributed by atoms with Gasteiger partial charge in [-0.1, -0.05) is 57.0 Å². The van der Waals surface area contributed by atoms with Crippen LogP contribution >= 0.6 is 0 Å².